The summed E-state index contributed by atoms with van der Waals surface area (Å²) in [7, 11) is 1.69. The first-order valence-corrected chi connectivity index (χ1v) is 9.81. The molecule has 0 N–H and O–H groups in total. The van der Waals surface area contributed by atoms with Crippen LogP contribution in [0.15, 0.2) is 60.0 Å². The van der Waals surface area contributed by atoms with Crippen LogP contribution in [-0.2, 0) is 6.54 Å². The quantitative estimate of drug-likeness (QED) is 0.679. The highest BCUT2D eigenvalue weighted by Crippen LogP contribution is 2.26. The van der Waals surface area contributed by atoms with E-state index in [0.29, 0.717) is 0 Å². The lowest BCUT2D eigenvalue weighted by Crippen LogP contribution is -2.46. The van der Waals surface area contributed by atoms with Gasteiger partial charge in [0, 0.05) is 49.4 Å². The van der Waals surface area contributed by atoms with Crippen LogP contribution in [0.3, 0.4) is 0 Å². The van der Waals surface area contributed by atoms with E-state index >= 15 is 0 Å². The Labute approximate surface area is 158 Å². The van der Waals surface area contributed by atoms with Crippen LogP contribution < -0.4 is 9.64 Å². The Balaban J connectivity index is 1.35. The molecule has 26 heavy (non-hydrogen) atoms. The van der Waals surface area contributed by atoms with Gasteiger partial charge in [-0.25, -0.2) is 4.98 Å². The predicted molar refractivity (Wildman–Crippen MR) is 108 cm³/mol. The largest absolute Gasteiger partial charge is 0.497 e. The standard InChI is InChI=1S/C21H23N3OS/c1-25-20-9-7-17(8-10-20)21-22-18(16-26-21)15-23-11-13-24(14-12-23)19-5-3-2-4-6-19/h2-10,16H,11-15H2,1H3. The first-order chi connectivity index (χ1) is 12.8. The van der Waals surface area contributed by atoms with Crippen LogP contribution in [0.1, 0.15) is 5.69 Å². The predicted octanol–water partition coefficient (Wildman–Crippen LogP) is 4.14. The highest BCUT2D eigenvalue weighted by Gasteiger charge is 2.18. The molecule has 0 amide bonds. The van der Waals surface area contributed by atoms with Crippen LogP contribution >= 0.6 is 11.3 Å². The molecule has 0 radical (unpaired) electrons. The molecule has 3 aromatic rings. The first-order valence-electron chi connectivity index (χ1n) is 8.93. The summed E-state index contributed by atoms with van der Waals surface area (Å²) >= 11 is 1.71. The van der Waals surface area contributed by atoms with Crippen LogP contribution in [-0.4, -0.2) is 43.2 Å². The molecule has 5 heteroatoms. The van der Waals surface area contributed by atoms with Crippen LogP contribution in [0.25, 0.3) is 10.6 Å². The number of benzene rings is 2. The maximum absolute atomic E-state index is 5.22. The average Bonchev–Trinajstić information content (AvgIpc) is 3.18. The molecule has 0 aliphatic carbocycles. The average molecular weight is 366 g/mol. The van der Waals surface area contributed by atoms with E-state index in [1.165, 1.54) is 5.69 Å². The molecule has 2 aromatic carbocycles. The molecule has 1 fully saturated rings. The summed E-state index contributed by atoms with van der Waals surface area (Å²) in [6.45, 7) is 5.21. The Morgan fingerprint density at radius 1 is 0.962 bits per heavy atom. The fourth-order valence-corrected chi connectivity index (χ4v) is 4.09. The molecule has 0 atom stereocenters. The lowest BCUT2D eigenvalue weighted by Gasteiger charge is -2.35. The number of anilines is 1. The smallest absolute Gasteiger partial charge is 0.123 e. The van der Waals surface area contributed by atoms with Gasteiger partial charge in [0.1, 0.15) is 10.8 Å². The second kappa shape index (κ2) is 7.89. The maximum Gasteiger partial charge on any atom is 0.123 e. The van der Waals surface area contributed by atoms with E-state index in [4.69, 9.17) is 9.72 Å². The van der Waals surface area contributed by atoms with E-state index in [-0.39, 0.29) is 0 Å². The summed E-state index contributed by atoms with van der Waals surface area (Å²) in [6.07, 6.45) is 0. The fraction of sp³-hybridized carbons (Fsp3) is 0.286. The topological polar surface area (TPSA) is 28.6 Å². The van der Waals surface area contributed by atoms with Gasteiger partial charge in [-0.05, 0) is 36.4 Å². The maximum atomic E-state index is 5.22. The summed E-state index contributed by atoms with van der Waals surface area (Å²) in [5.74, 6) is 0.877. The van der Waals surface area contributed by atoms with Crippen LogP contribution in [0, 0.1) is 0 Å². The first kappa shape index (κ1) is 17.1. The van der Waals surface area contributed by atoms with Crippen molar-refractivity contribution in [1.82, 2.24) is 9.88 Å². The number of para-hydroxylation sites is 1. The van der Waals surface area contributed by atoms with Crippen molar-refractivity contribution in [2.45, 2.75) is 6.54 Å². The van der Waals surface area contributed by atoms with Gasteiger partial charge in [0.25, 0.3) is 0 Å². The van der Waals surface area contributed by atoms with Crippen molar-refractivity contribution < 1.29 is 4.74 Å². The highest BCUT2D eigenvalue weighted by atomic mass is 32.1. The molecule has 134 valence electrons. The SMILES string of the molecule is COc1ccc(-c2nc(CN3CCN(c4ccccc4)CC3)cs2)cc1. The highest BCUT2D eigenvalue weighted by molar-refractivity contribution is 7.13. The van der Waals surface area contributed by atoms with Crippen molar-refractivity contribution in [2.24, 2.45) is 0 Å². The summed E-state index contributed by atoms with van der Waals surface area (Å²) in [5, 5.41) is 3.26. The Bertz CT molecular complexity index is 824. The number of methoxy groups -OCH3 is 1. The Morgan fingerprint density at radius 3 is 2.38 bits per heavy atom. The van der Waals surface area contributed by atoms with Crippen molar-refractivity contribution in [3.05, 3.63) is 65.7 Å². The van der Waals surface area contributed by atoms with Crippen molar-refractivity contribution in [2.75, 3.05) is 38.2 Å². The van der Waals surface area contributed by atoms with Crippen molar-refractivity contribution in [3.8, 4) is 16.3 Å². The van der Waals surface area contributed by atoms with Gasteiger partial charge >= 0.3 is 0 Å². The minimum Gasteiger partial charge on any atom is -0.497 e. The molecule has 2 heterocycles. The number of aromatic nitrogens is 1. The molecule has 1 saturated heterocycles. The zero-order valence-electron chi connectivity index (χ0n) is 15.0. The summed E-state index contributed by atoms with van der Waals surface area (Å²) in [4.78, 5) is 9.78. The summed E-state index contributed by atoms with van der Waals surface area (Å²) in [5.41, 5.74) is 3.63. The Kier molecular flexibility index (Phi) is 5.18. The molecule has 1 aliphatic rings. The monoisotopic (exact) mass is 365 g/mol. The molecule has 0 saturated carbocycles. The normalized spacial score (nSPS) is 15.2. The second-order valence-corrected chi connectivity index (χ2v) is 7.33. The third-order valence-electron chi connectivity index (χ3n) is 4.77. The van der Waals surface area contributed by atoms with E-state index in [1.54, 1.807) is 18.4 Å². The molecule has 4 rings (SSSR count). The number of rotatable bonds is 5. The van der Waals surface area contributed by atoms with Gasteiger partial charge < -0.3 is 9.64 Å². The third-order valence-corrected chi connectivity index (χ3v) is 5.71. The molecule has 0 bridgehead atoms. The number of thiazole rings is 1. The molecule has 4 nitrogen and oxygen atoms in total. The van der Waals surface area contributed by atoms with E-state index in [9.17, 15) is 0 Å². The van der Waals surface area contributed by atoms with Crippen LogP contribution in [0.4, 0.5) is 5.69 Å². The third kappa shape index (κ3) is 3.89. The molecule has 1 aromatic heterocycles. The molecular formula is C21H23N3OS. The van der Waals surface area contributed by atoms with Gasteiger partial charge in [-0.3, -0.25) is 4.90 Å². The molecule has 0 spiro atoms. The van der Waals surface area contributed by atoms with Crippen molar-refractivity contribution >= 4 is 17.0 Å². The molecular weight excluding hydrogens is 342 g/mol. The van der Waals surface area contributed by atoms with E-state index in [2.05, 4.69) is 57.6 Å². The molecule has 1 aliphatic heterocycles. The van der Waals surface area contributed by atoms with Crippen LogP contribution in [0.5, 0.6) is 5.75 Å². The van der Waals surface area contributed by atoms with Gasteiger partial charge in [-0.1, -0.05) is 18.2 Å². The van der Waals surface area contributed by atoms with E-state index in [0.717, 1.165) is 54.7 Å². The van der Waals surface area contributed by atoms with Gasteiger partial charge in [0.2, 0.25) is 0 Å². The van der Waals surface area contributed by atoms with Crippen molar-refractivity contribution in [3.63, 3.8) is 0 Å². The number of nitrogens with zero attached hydrogens (tertiary/aromatic N) is 3. The van der Waals surface area contributed by atoms with E-state index in [1.807, 2.05) is 12.1 Å². The number of hydrogen-bond acceptors (Lipinski definition) is 5. The zero-order valence-corrected chi connectivity index (χ0v) is 15.8. The number of hydrogen-bond donors (Lipinski definition) is 0. The van der Waals surface area contributed by atoms with Gasteiger partial charge in [-0.2, -0.15) is 0 Å². The number of piperazine rings is 1. The Morgan fingerprint density at radius 2 is 1.69 bits per heavy atom. The van der Waals surface area contributed by atoms with Gasteiger partial charge in [0.15, 0.2) is 0 Å². The van der Waals surface area contributed by atoms with Gasteiger partial charge in [0.05, 0.1) is 12.8 Å². The zero-order chi connectivity index (χ0) is 17.8. The minimum atomic E-state index is 0.877. The Hall–Kier alpha value is -2.37. The summed E-state index contributed by atoms with van der Waals surface area (Å²) in [6, 6.07) is 18.8. The minimum absolute atomic E-state index is 0.877. The second-order valence-electron chi connectivity index (χ2n) is 6.47. The number of ether oxygens (including phenoxy) is 1. The fourth-order valence-electron chi connectivity index (χ4n) is 3.28. The lowest BCUT2D eigenvalue weighted by atomic mass is 10.2. The van der Waals surface area contributed by atoms with E-state index < -0.39 is 0 Å². The van der Waals surface area contributed by atoms with Crippen LogP contribution in [0.2, 0.25) is 0 Å². The summed E-state index contributed by atoms with van der Waals surface area (Å²) < 4.78 is 5.22. The molecule has 0 unspecified atom stereocenters. The lowest BCUT2D eigenvalue weighted by molar-refractivity contribution is 0.247. The van der Waals surface area contributed by atoms with Crippen molar-refractivity contribution in [1.29, 1.82) is 0 Å². The van der Waals surface area contributed by atoms with Gasteiger partial charge in [-0.15, -0.1) is 11.3 Å².